The second kappa shape index (κ2) is 12.3. The first kappa shape index (κ1) is 27.0. The maximum atomic E-state index is 12.8. The number of benzene rings is 2. The molecule has 0 aliphatic rings. The Hall–Kier alpha value is -3.24. The van der Waals surface area contributed by atoms with Gasteiger partial charge in [-0.2, -0.15) is 0 Å². The number of amides is 1. The lowest BCUT2D eigenvalue weighted by Gasteiger charge is -2.13. The number of carbonyl (C=O) groups is 2. The van der Waals surface area contributed by atoms with Crippen molar-refractivity contribution in [3.05, 3.63) is 46.9 Å². The Morgan fingerprint density at radius 2 is 1.53 bits per heavy atom. The van der Waals surface area contributed by atoms with Crippen LogP contribution in [0.3, 0.4) is 0 Å². The predicted octanol–water partition coefficient (Wildman–Crippen LogP) is 3.79. The summed E-state index contributed by atoms with van der Waals surface area (Å²) in [5.74, 6) is 0.815. The highest BCUT2D eigenvalue weighted by Gasteiger charge is 2.16. The standard InChI is InChI=1S/C23H26ClNO8S/c1-30-16-12-20(32-3)17(21(13-16)33-4)9-10-34(28,29)14-15-5-6-19(31-2)18(11-15)25-23(27)8-7-22(24)26/h5-6,9-13H,7-8,14H2,1-4H3,(H,25,27). The molecule has 0 unspecified atom stereocenters. The van der Waals surface area contributed by atoms with Crippen molar-refractivity contribution in [1.29, 1.82) is 0 Å². The van der Waals surface area contributed by atoms with Gasteiger partial charge in [0, 0.05) is 30.4 Å². The van der Waals surface area contributed by atoms with E-state index in [0.29, 0.717) is 34.1 Å². The molecule has 0 bridgehead atoms. The molecule has 1 N–H and O–H groups in total. The molecule has 11 heteroatoms. The van der Waals surface area contributed by atoms with Gasteiger partial charge >= 0.3 is 0 Å². The predicted molar refractivity (Wildman–Crippen MR) is 129 cm³/mol. The Morgan fingerprint density at radius 1 is 0.912 bits per heavy atom. The molecule has 184 valence electrons. The van der Waals surface area contributed by atoms with Crippen LogP contribution in [-0.4, -0.2) is 48.0 Å². The lowest BCUT2D eigenvalue weighted by atomic mass is 10.1. The smallest absolute Gasteiger partial charge is 0.224 e. The van der Waals surface area contributed by atoms with Crippen molar-refractivity contribution in [2.24, 2.45) is 0 Å². The molecule has 0 aliphatic carbocycles. The van der Waals surface area contributed by atoms with E-state index >= 15 is 0 Å². The Morgan fingerprint density at radius 3 is 2.06 bits per heavy atom. The minimum Gasteiger partial charge on any atom is -0.496 e. The molecule has 0 saturated heterocycles. The highest BCUT2D eigenvalue weighted by molar-refractivity contribution is 7.93. The molecule has 0 aliphatic heterocycles. The maximum Gasteiger partial charge on any atom is 0.224 e. The zero-order chi connectivity index (χ0) is 25.3. The molecule has 34 heavy (non-hydrogen) atoms. The summed E-state index contributed by atoms with van der Waals surface area (Å²) in [7, 11) is 2.10. The van der Waals surface area contributed by atoms with Crippen LogP contribution in [0, 0.1) is 0 Å². The van der Waals surface area contributed by atoms with Gasteiger partial charge in [-0.05, 0) is 35.4 Å². The number of rotatable bonds is 12. The molecule has 0 fully saturated rings. The van der Waals surface area contributed by atoms with E-state index in [1.165, 1.54) is 40.6 Å². The molecular formula is C23H26ClNO8S. The van der Waals surface area contributed by atoms with Crippen LogP contribution in [0.1, 0.15) is 24.0 Å². The second-order valence-electron chi connectivity index (χ2n) is 6.99. The molecule has 0 radical (unpaired) electrons. The summed E-state index contributed by atoms with van der Waals surface area (Å²) in [5.41, 5.74) is 1.14. The van der Waals surface area contributed by atoms with Crippen LogP contribution in [0.15, 0.2) is 35.7 Å². The molecule has 0 saturated carbocycles. The summed E-state index contributed by atoms with van der Waals surface area (Å²) >= 11 is 5.27. The van der Waals surface area contributed by atoms with E-state index in [9.17, 15) is 18.0 Å². The molecule has 1 amide bonds. The molecule has 0 heterocycles. The van der Waals surface area contributed by atoms with E-state index in [1.54, 1.807) is 24.3 Å². The van der Waals surface area contributed by atoms with Crippen LogP contribution in [0.2, 0.25) is 0 Å². The summed E-state index contributed by atoms with van der Waals surface area (Å²) in [6.45, 7) is 0. The largest absolute Gasteiger partial charge is 0.496 e. The number of hydrogen-bond donors (Lipinski definition) is 1. The summed E-state index contributed by atoms with van der Waals surface area (Å²) in [6, 6.07) is 7.86. The molecular weight excluding hydrogens is 486 g/mol. The summed E-state index contributed by atoms with van der Waals surface area (Å²) in [6.07, 6.45) is 1.16. The van der Waals surface area contributed by atoms with Crippen molar-refractivity contribution in [2.75, 3.05) is 33.8 Å². The lowest BCUT2D eigenvalue weighted by molar-refractivity contribution is -0.119. The Bertz CT molecular complexity index is 1150. The van der Waals surface area contributed by atoms with Crippen LogP contribution in [0.4, 0.5) is 5.69 Å². The maximum absolute atomic E-state index is 12.8. The van der Waals surface area contributed by atoms with Gasteiger partial charge in [-0.25, -0.2) is 8.42 Å². The topological polar surface area (TPSA) is 117 Å². The monoisotopic (exact) mass is 511 g/mol. The molecule has 0 aromatic heterocycles. The first-order chi connectivity index (χ1) is 16.1. The average molecular weight is 512 g/mol. The van der Waals surface area contributed by atoms with Gasteiger partial charge in [0.1, 0.15) is 23.0 Å². The summed E-state index contributed by atoms with van der Waals surface area (Å²) in [5, 5.41) is 3.05. The summed E-state index contributed by atoms with van der Waals surface area (Å²) < 4.78 is 46.7. The van der Waals surface area contributed by atoms with E-state index in [4.69, 9.17) is 30.5 Å². The number of halogens is 1. The minimum atomic E-state index is -3.72. The third-order valence-electron chi connectivity index (χ3n) is 4.65. The fourth-order valence-electron chi connectivity index (χ4n) is 3.02. The third-order valence-corrected chi connectivity index (χ3v) is 6.13. The van der Waals surface area contributed by atoms with E-state index in [1.807, 2.05) is 0 Å². The van der Waals surface area contributed by atoms with Crippen LogP contribution in [0.25, 0.3) is 6.08 Å². The average Bonchev–Trinajstić information content (AvgIpc) is 2.80. The second-order valence-corrected chi connectivity index (χ2v) is 9.30. The molecule has 2 aromatic rings. The Kier molecular flexibility index (Phi) is 9.76. The lowest BCUT2D eigenvalue weighted by Crippen LogP contribution is -2.13. The van der Waals surface area contributed by atoms with Gasteiger partial charge in [0.25, 0.3) is 0 Å². The van der Waals surface area contributed by atoms with E-state index in [-0.39, 0.29) is 24.3 Å². The molecule has 9 nitrogen and oxygen atoms in total. The van der Waals surface area contributed by atoms with E-state index < -0.39 is 21.0 Å². The highest BCUT2D eigenvalue weighted by Crippen LogP contribution is 2.35. The van der Waals surface area contributed by atoms with Crippen molar-refractivity contribution >= 4 is 44.4 Å². The van der Waals surface area contributed by atoms with Crippen molar-refractivity contribution in [3.63, 3.8) is 0 Å². The van der Waals surface area contributed by atoms with Crippen LogP contribution in [0.5, 0.6) is 23.0 Å². The van der Waals surface area contributed by atoms with Crippen molar-refractivity contribution < 1.29 is 37.0 Å². The van der Waals surface area contributed by atoms with Gasteiger partial charge in [-0.3, -0.25) is 9.59 Å². The number of carbonyl (C=O) groups excluding carboxylic acids is 2. The first-order valence-corrected chi connectivity index (χ1v) is 12.1. The molecule has 2 aromatic carbocycles. The fourth-order valence-corrected chi connectivity index (χ4v) is 4.19. The fraction of sp³-hybridized carbons (Fsp3) is 0.304. The van der Waals surface area contributed by atoms with E-state index in [2.05, 4.69) is 5.32 Å². The number of nitrogens with one attached hydrogen (secondary N) is 1. The zero-order valence-corrected chi connectivity index (χ0v) is 20.8. The SMILES string of the molecule is COc1cc(OC)c(C=CS(=O)(=O)Cc2ccc(OC)c(NC(=O)CCC(=O)Cl)c2)c(OC)c1. The quantitative estimate of drug-likeness (QED) is 0.428. The Balaban J connectivity index is 2.27. The number of ether oxygens (including phenoxy) is 4. The highest BCUT2D eigenvalue weighted by atomic mass is 35.5. The van der Waals surface area contributed by atoms with Crippen molar-refractivity contribution in [1.82, 2.24) is 0 Å². The molecule has 0 spiro atoms. The number of anilines is 1. The van der Waals surface area contributed by atoms with Gasteiger partial charge in [0.05, 0.1) is 45.4 Å². The minimum absolute atomic E-state index is 0.109. The van der Waals surface area contributed by atoms with Crippen LogP contribution in [-0.2, 0) is 25.2 Å². The van der Waals surface area contributed by atoms with Crippen molar-refractivity contribution in [3.8, 4) is 23.0 Å². The molecule has 2 rings (SSSR count). The van der Waals surface area contributed by atoms with Crippen LogP contribution < -0.4 is 24.3 Å². The van der Waals surface area contributed by atoms with Crippen LogP contribution >= 0.6 is 11.6 Å². The molecule has 0 atom stereocenters. The number of hydrogen-bond acceptors (Lipinski definition) is 8. The number of sulfone groups is 1. The van der Waals surface area contributed by atoms with E-state index in [0.717, 1.165) is 5.41 Å². The van der Waals surface area contributed by atoms with Gasteiger partial charge in [0.15, 0.2) is 9.84 Å². The zero-order valence-electron chi connectivity index (χ0n) is 19.2. The van der Waals surface area contributed by atoms with Gasteiger partial charge < -0.3 is 24.3 Å². The normalized spacial score (nSPS) is 11.2. The van der Waals surface area contributed by atoms with Gasteiger partial charge in [-0.1, -0.05) is 6.07 Å². The first-order valence-electron chi connectivity index (χ1n) is 9.98. The Labute approximate surface area is 203 Å². The van der Waals surface area contributed by atoms with Gasteiger partial charge in [0.2, 0.25) is 11.1 Å². The third kappa shape index (κ3) is 7.67. The van der Waals surface area contributed by atoms with Gasteiger partial charge in [-0.15, -0.1) is 0 Å². The number of methoxy groups -OCH3 is 4. The summed E-state index contributed by atoms with van der Waals surface area (Å²) in [4.78, 5) is 22.9. The van der Waals surface area contributed by atoms with Crippen molar-refractivity contribution in [2.45, 2.75) is 18.6 Å².